The highest BCUT2D eigenvalue weighted by atomic mass is 16.5. The minimum Gasteiger partial charge on any atom is -0.490 e. The van der Waals surface area contributed by atoms with Gasteiger partial charge in [-0.25, -0.2) is 0 Å². The van der Waals surface area contributed by atoms with Crippen LogP contribution in [0.4, 0.5) is 0 Å². The minimum absolute atomic E-state index is 0.0117. The van der Waals surface area contributed by atoms with E-state index in [1.165, 1.54) is 22.3 Å². The van der Waals surface area contributed by atoms with Crippen molar-refractivity contribution in [1.29, 1.82) is 0 Å². The van der Waals surface area contributed by atoms with Crippen molar-refractivity contribution in [1.82, 2.24) is 0 Å². The van der Waals surface area contributed by atoms with Crippen molar-refractivity contribution in [3.63, 3.8) is 0 Å². The first-order valence-electron chi connectivity index (χ1n) is 7.76. The van der Waals surface area contributed by atoms with E-state index in [-0.39, 0.29) is 17.7 Å². The first kappa shape index (κ1) is 12.5. The van der Waals surface area contributed by atoms with Gasteiger partial charge in [-0.05, 0) is 45.6 Å². The van der Waals surface area contributed by atoms with Gasteiger partial charge in [0.05, 0.1) is 0 Å². The van der Waals surface area contributed by atoms with E-state index in [0.717, 1.165) is 43.6 Å². The number of hydrogen-bond acceptors (Lipinski definition) is 3. The molecule has 2 heterocycles. The average molecular weight is 273 g/mol. The Bertz CT molecular complexity index is 550. The topological polar surface area (TPSA) is 44.5 Å². The molecule has 1 aromatic rings. The van der Waals surface area contributed by atoms with Crippen molar-refractivity contribution in [2.45, 2.75) is 70.6 Å². The standard InChI is InChI=1S/C17H23NO2/c1-9-6-12-11(3)15-13(7-10(2)19-15)14(16(12)20-9)8-17(18)4-5-17/h9-10H,4-8,18H2,1-3H3. The van der Waals surface area contributed by atoms with E-state index in [1.54, 1.807) is 0 Å². The maximum atomic E-state index is 6.38. The molecular weight excluding hydrogens is 250 g/mol. The van der Waals surface area contributed by atoms with Gasteiger partial charge in [-0.2, -0.15) is 0 Å². The van der Waals surface area contributed by atoms with Crippen LogP contribution in [-0.2, 0) is 19.3 Å². The first-order chi connectivity index (χ1) is 9.47. The van der Waals surface area contributed by atoms with Gasteiger partial charge in [0.2, 0.25) is 0 Å². The molecular formula is C17H23NO2. The maximum Gasteiger partial charge on any atom is 0.127 e. The third kappa shape index (κ3) is 1.76. The zero-order valence-electron chi connectivity index (χ0n) is 12.6. The Morgan fingerprint density at radius 2 is 1.65 bits per heavy atom. The van der Waals surface area contributed by atoms with Gasteiger partial charge in [0, 0.05) is 35.1 Å². The monoisotopic (exact) mass is 273 g/mol. The molecule has 1 aromatic carbocycles. The summed E-state index contributed by atoms with van der Waals surface area (Å²) in [5.74, 6) is 2.25. The molecule has 0 bridgehead atoms. The Morgan fingerprint density at radius 1 is 1.05 bits per heavy atom. The molecule has 3 heteroatoms. The van der Waals surface area contributed by atoms with Gasteiger partial charge in [0.15, 0.2) is 0 Å². The average Bonchev–Trinajstić information content (AvgIpc) is 2.82. The van der Waals surface area contributed by atoms with Crippen LogP contribution < -0.4 is 15.2 Å². The molecule has 2 aliphatic heterocycles. The van der Waals surface area contributed by atoms with E-state index in [4.69, 9.17) is 15.2 Å². The third-order valence-electron chi connectivity index (χ3n) is 5.02. The molecule has 0 spiro atoms. The molecule has 0 radical (unpaired) electrons. The van der Waals surface area contributed by atoms with Gasteiger partial charge >= 0.3 is 0 Å². The molecule has 0 amide bonds. The second-order valence-corrected chi connectivity index (χ2v) is 7.02. The highest BCUT2D eigenvalue weighted by Crippen LogP contribution is 2.49. The summed E-state index contributed by atoms with van der Waals surface area (Å²) >= 11 is 0. The number of benzene rings is 1. The highest BCUT2D eigenvalue weighted by molar-refractivity contribution is 5.62. The summed E-state index contributed by atoms with van der Waals surface area (Å²) in [5.41, 5.74) is 11.7. The number of nitrogens with two attached hydrogens (primary N) is 1. The van der Waals surface area contributed by atoms with Crippen molar-refractivity contribution in [3.05, 3.63) is 22.3 Å². The number of hydrogen-bond donors (Lipinski definition) is 1. The van der Waals surface area contributed by atoms with E-state index in [1.807, 2.05) is 0 Å². The van der Waals surface area contributed by atoms with Gasteiger partial charge < -0.3 is 15.2 Å². The predicted molar refractivity (Wildman–Crippen MR) is 78.6 cm³/mol. The fourth-order valence-corrected chi connectivity index (χ4v) is 3.69. The Balaban J connectivity index is 1.88. The number of fused-ring (bicyclic) bond motifs is 2. The van der Waals surface area contributed by atoms with Gasteiger partial charge in [0.25, 0.3) is 0 Å². The first-order valence-corrected chi connectivity index (χ1v) is 7.76. The molecule has 4 rings (SSSR count). The summed E-state index contributed by atoms with van der Waals surface area (Å²) in [6.45, 7) is 6.47. The molecule has 2 atom stereocenters. The van der Waals surface area contributed by atoms with Gasteiger partial charge in [-0.15, -0.1) is 0 Å². The summed E-state index contributed by atoms with van der Waals surface area (Å²) in [5, 5.41) is 0. The zero-order valence-corrected chi connectivity index (χ0v) is 12.6. The molecule has 2 N–H and O–H groups in total. The second kappa shape index (κ2) is 3.91. The molecule has 1 fully saturated rings. The van der Waals surface area contributed by atoms with Crippen LogP contribution in [0.2, 0.25) is 0 Å². The highest BCUT2D eigenvalue weighted by Gasteiger charge is 2.42. The van der Waals surface area contributed by atoms with Crippen LogP contribution in [0.3, 0.4) is 0 Å². The number of ether oxygens (including phenoxy) is 2. The third-order valence-corrected chi connectivity index (χ3v) is 5.02. The van der Waals surface area contributed by atoms with Crippen LogP contribution in [0.25, 0.3) is 0 Å². The lowest BCUT2D eigenvalue weighted by molar-refractivity contribution is 0.251. The largest absolute Gasteiger partial charge is 0.490 e. The fourth-order valence-electron chi connectivity index (χ4n) is 3.69. The van der Waals surface area contributed by atoms with E-state index in [0.29, 0.717) is 0 Å². The van der Waals surface area contributed by atoms with Crippen LogP contribution >= 0.6 is 0 Å². The van der Waals surface area contributed by atoms with Crippen molar-refractivity contribution in [3.8, 4) is 11.5 Å². The summed E-state index contributed by atoms with van der Waals surface area (Å²) in [6.07, 6.45) is 5.75. The Morgan fingerprint density at radius 3 is 2.30 bits per heavy atom. The molecule has 1 saturated carbocycles. The van der Waals surface area contributed by atoms with Gasteiger partial charge in [-0.3, -0.25) is 0 Å². The lowest BCUT2D eigenvalue weighted by atomic mass is 9.90. The van der Waals surface area contributed by atoms with Gasteiger partial charge in [-0.1, -0.05) is 0 Å². The molecule has 1 aliphatic carbocycles. The van der Waals surface area contributed by atoms with Crippen LogP contribution in [0, 0.1) is 6.92 Å². The smallest absolute Gasteiger partial charge is 0.127 e. The van der Waals surface area contributed by atoms with Crippen LogP contribution in [0.5, 0.6) is 11.5 Å². The van der Waals surface area contributed by atoms with E-state index in [2.05, 4.69) is 20.8 Å². The lowest BCUT2D eigenvalue weighted by Crippen LogP contribution is -2.25. The van der Waals surface area contributed by atoms with Crippen LogP contribution in [0.1, 0.15) is 48.9 Å². The zero-order chi connectivity index (χ0) is 14.1. The quantitative estimate of drug-likeness (QED) is 0.901. The van der Waals surface area contributed by atoms with Crippen LogP contribution in [-0.4, -0.2) is 17.7 Å². The van der Waals surface area contributed by atoms with Crippen molar-refractivity contribution >= 4 is 0 Å². The van der Waals surface area contributed by atoms with E-state index in [9.17, 15) is 0 Å². The summed E-state index contributed by atoms with van der Waals surface area (Å²) < 4.78 is 12.2. The molecule has 0 saturated heterocycles. The second-order valence-electron chi connectivity index (χ2n) is 7.02. The Kier molecular flexibility index (Phi) is 2.45. The predicted octanol–water partition coefficient (Wildman–Crippen LogP) is 2.68. The Hall–Kier alpha value is -1.22. The number of rotatable bonds is 2. The maximum absolute atomic E-state index is 6.38. The van der Waals surface area contributed by atoms with Crippen LogP contribution in [0.15, 0.2) is 0 Å². The van der Waals surface area contributed by atoms with E-state index < -0.39 is 0 Å². The summed E-state index contributed by atoms with van der Waals surface area (Å²) in [7, 11) is 0. The molecule has 108 valence electrons. The summed E-state index contributed by atoms with van der Waals surface area (Å²) in [6, 6.07) is 0. The Labute approximate surface area is 120 Å². The molecule has 0 aromatic heterocycles. The molecule has 20 heavy (non-hydrogen) atoms. The van der Waals surface area contributed by atoms with E-state index >= 15 is 0 Å². The minimum atomic E-state index is 0.0117. The lowest BCUT2D eigenvalue weighted by Gasteiger charge is -2.18. The van der Waals surface area contributed by atoms with Crippen molar-refractivity contribution in [2.75, 3.05) is 0 Å². The normalized spacial score (nSPS) is 28.6. The molecule has 3 nitrogen and oxygen atoms in total. The van der Waals surface area contributed by atoms with Gasteiger partial charge in [0.1, 0.15) is 23.7 Å². The van der Waals surface area contributed by atoms with Crippen molar-refractivity contribution in [2.24, 2.45) is 5.73 Å². The fraction of sp³-hybridized carbons (Fsp3) is 0.647. The SMILES string of the molecule is Cc1c2c(c(CC3(N)CC3)c3c1OC(C)C3)OC(C)C2. The van der Waals surface area contributed by atoms with Crippen molar-refractivity contribution < 1.29 is 9.47 Å². The molecule has 2 unspecified atom stereocenters. The molecule has 3 aliphatic rings. The summed E-state index contributed by atoms with van der Waals surface area (Å²) in [4.78, 5) is 0.